The summed E-state index contributed by atoms with van der Waals surface area (Å²) in [4.78, 5) is 14.1. The molecule has 17 heavy (non-hydrogen) atoms. The Morgan fingerprint density at radius 3 is 2.35 bits per heavy atom. The minimum Gasteiger partial charge on any atom is -0.480 e. The first-order valence-corrected chi connectivity index (χ1v) is 6.58. The van der Waals surface area contributed by atoms with Crippen molar-refractivity contribution in [2.75, 3.05) is 26.2 Å². The standard InChI is InChI=1S/C13H24N2O2/c1-10-8-12(2,3)9-13(10,11(16)17)15-6-4-14-5-7-15/h10,14H,4-9H2,1-3H3,(H,16,17). The van der Waals surface area contributed by atoms with Gasteiger partial charge in [0.25, 0.3) is 0 Å². The summed E-state index contributed by atoms with van der Waals surface area (Å²) < 4.78 is 0. The summed E-state index contributed by atoms with van der Waals surface area (Å²) in [7, 11) is 0. The van der Waals surface area contributed by atoms with Crippen LogP contribution in [0.1, 0.15) is 33.6 Å². The first kappa shape index (κ1) is 12.8. The van der Waals surface area contributed by atoms with Gasteiger partial charge in [-0.3, -0.25) is 9.69 Å². The molecular weight excluding hydrogens is 216 g/mol. The maximum atomic E-state index is 11.9. The molecule has 2 N–H and O–H groups in total. The Morgan fingerprint density at radius 2 is 1.94 bits per heavy atom. The highest BCUT2D eigenvalue weighted by molar-refractivity contribution is 5.80. The molecule has 2 unspecified atom stereocenters. The number of rotatable bonds is 2. The lowest BCUT2D eigenvalue weighted by Gasteiger charge is -2.43. The highest BCUT2D eigenvalue weighted by atomic mass is 16.4. The smallest absolute Gasteiger partial charge is 0.324 e. The molecule has 1 heterocycles. The molecule has 0 aromatic rings. The van der Waals surface area contributed by atoms with E-state index in [9.17, 15) is 9.90 Å². The second kappa shape index (κ2) is 4.25. The second-order valence-electron chi connectivity index (χ2n) is 6.41. The predicted octanol–water partition coefficient (Wildman–Crippen LogP) is 1.17. The Balaban J connectivity index is 2.29. The van der Waals surface area contributed by atoms with Crippen LogP contribution in [0.2, 0.25) is 0 Å². The van der Waals surface area contributed by atoms with E-state index in [1.807, 2.05) is 0 Å². The summed E-state index contributed by atoms with van der Waals surface area (Å²) in [6.07, 6.45) is 1.78. The lowest BCUT2D eigenvalue weighted by molar-refractivity contribution is -0.155. The highest BCUT2D eigenvalue weighted by Crippen LogP contribution is 2.50. The van der Waals surface area contributed by atoms with Gasteiger partial charge in [-0.25, -0.2) is 0 Å². The molecule has 1 aliphatic heterocycles. The van der Waals surface area contributed by atoms with E-state index < -0.39 is 11.5 Å². The van der Waals surface area contributed by atoms with Crippen molar-refractivity contribution in [3.63, 3.8) is 0 Å². The topological polar surface area (TPSA) is 52.6 Å². The number of nitrogens with zero attached hydrogens (tertiary/aromatic N) is 1. The summed E-state index contributed by atoms with van der Waals surface area (Å²) in [5, 5.41) is 13.1. The Labute approximate surface area is 103 Å². The molecule has 2 fully saturated rings. The van der Waals surface area contributed by atoms with Crippen LogP contribution in [0.3, 0.4) is 0 Å². The summed E-state index contributed by atoms with van der Waals surface area (Å²) in [6, 6.07) is 0. The zero-order chi connectivity index (χ0) is 12.7. The third-order valence-corrected chi connectivity index (χ3v) is 4.47. The van der Waals surface area contributed by atoms with Crippen LogP contribution in [-0.4, -0.2) is 47.7 Å². The normalized spacial score (nSPS) is 38.2. The lowest BCUT2D eigenvalue weighted by Crippen LogP contribution is -2.61. The van der Waals surface area contributed by atoms with Crippen LogP contribution in [-0.2, 0) is 4.79 Å². The predicted molar refractivity (Wildman–Crippen MR) is 67.0 cm³/mol. The zero-order valence-electron chi connectivity index (χ0n) is 11.1. The van der Waals surface area contributed by atoms with Crippen molar-refractivity contribution in [1.29, 1.82) is 0 Å². The molecule has 1 saturated carbocycles. The van der Waals surface area contributed by atoms with Gasteiger partial charge >= 0.3 is 5.97 Å². The van der Waals surface area contributed by atoms with Gasteiger partial charge in [0, 0.05) is 26.2 Å². The van der Waals surface area contributed by atoms with Gasteiger partial charge in [-0.2, -0.15) is 0 Å². The Bertz CT molecular complexity index is 311. The molecule has 2 aliphatic rings. The fourth-order valence-electron chi connectivity index (χ4n) is 3.88. The van der Waals surface area contributed by atoms with E-state index in [1.165, 1.54) is 0 Å². The van der Waals surface area contributed by atoms with Crippen molar-refractivity contribution in [2.45, 2.75) is 39.2 Å². The molecule has 0 bridgehead atoms. The van der Waals surface area contributed by atoms with Crippen molar-refractivity contribution < 1.29 is 9.90 Å². The number of carboxylic acid groups (broad SMARTS) is 1. The summed E-state index contributed by atoms with van der Waals surface area (Å²) >= 11 is 0. The van der Waals surface area contributed by atoms with E-state index in [0.717, 1.165) is 39.0 Å². The number of carbonyl (C=O) groups is 1. The monoisotopic (exact) mass is 240 g/mol. The number of hydrogen-bond acceptors (Lipinski definition) is 3. The van der Waals surface area contributed by atoms with E-state index in [0.29, 0.717) is 0 Å². The van der Waals surface area contributed by atoms with Crippen LogP contribution >= 0.6 is 0 Å². The number of aliphatic carboxylic acids is 1. The first-order chi connectivity index (χ1) is 7.88. The number of carboxylic acids is 1. The number of hydrogen-bond donors (Lipinski definition) is 2. The van der Waals surface area contributed by atoms with Crippen molar-refractivity contribution in [3.05, 3.63) is 0 Å². The maximum absolute atomic E-state index is 11.9. The SMILES string of the molecule is CC1CC(C)(C)CC1(C(=O)O)N1CCNCC1. The fourth-order valence-corrected chi connectivity index (χ4v) is 3.88. The molecule has 0 radical (unpaired) electrons. The summed E-state index contributed by atoms with van der Waals surface area (Å²) in [6.45, 7) is 10.0. The molecule has 0 spiro atoms. The molecule has 4 heteroatoms. The van der Waals surface area contributed by atoms with E-state index in [2.05, 4.69) is 31.0 Å². The van der Waals surface area contributed by atoms with Gasteiger partial charge in [-0.15, -0.1) is 0 Å². The van der Waals surface area contributed by atoms with Gasteiger partial charge in [0.1, 0.15) is 5.54 Å². The molecular formula is C13H24N2O2. The van der Waals surface area contributed by atoms with Crippen LogP contribution in [0, 0.1) is 11.3 Å². The van der Waals surface area contributed by atoms with Gasteiger partial charge in [0.05, 0.1) is 0 Å². The van der Waals surface area contributed by atoms with E-state index >= 15 is 0 Å². The second-order valence-corrected chi connectivity index (χ2v) is 6.41. The molecule has 0 amide bonds. The van der Waals surface area contributed by atoms with Gasteiger partial charge in [-0.05, 0) is 24.2 Å². The Hall–Kier alpha value is -0.610. The van der Waals surface area contributed by atoms with Crippen LogP contribution in [0.25, 0.3) is 0 Å². The Kier molecular flexibility index (Phi) is 3.21. The molecule has 0 aromatic carbocycles. The van der Waals surface area contributed by atoms with Crippen LogP contribution < -0.4 is 5.32 Å². The molecule has 2 rings (SSSR count). The Morgan fingerprint density at radius 1 is 1.35 bits per heavy atom. The molecule has 0 aromatic heterocycles. The average Bonchev–Trinajstić information content (AvgIpc) is 2.50. The highest BCUT2D eigenvalue weighted by Gasteiger charge is 2.57. The quantitative estimate of drug-likeness (QED) is 0.761. The van der Waals surface area contributed by atoms with E-state index in [1.54, 1.807) is 0 Å². The number of nitrogens with one attached hydrogen (secondary N) is 1. The molecule has 2 atom stereocenters. The minimum absolute atomic E-state index is 0.142. The fraction of sp³-hybridized carbons (Fsp3) is 0.923. The van der Waals surface area contributed by atoms with Gasteiger partial charge < -0.3 is 10.4 Å². The lowest BCUT2D eigenvalue weighted by atomic mass is 9.84. The third-order valence-electron chi connectivity index (χ3n) is 4.47. The van der Waals surface area contributed by atoms with Gasteiger partial charge in [0.2, 0.25) is 0 Å². The van der Waals surface area contributed by atoms with Crippen LogP contribution in [0.5, 0.6) is 0 Å². The van der Waals surface area contributed by atoms with Crippen molar-refractivity contribution in [1.82, 2.24) is 10.2 Å². The van der Waals surface area contributed by atoms with E-state index in [4.69, 9.17) is 0 Å². The van der Waals surface area contributed by atoms with Crippen LogP contribution in [0.15, 0.2) is 0 Å². The minimum atomic E-state index is -0.633. The average molecular weight is 240 g/mol. The third kappa shape index (κ3) is 2.08. The first-order valence-electron chi connectivity index (χ1n) is 6.58. The van der Waals surface area contributed by atoms with Gasteiger partial charge in [-0.1, -0.05) is 20.8 Å². The zero-order valence-corrected chi connectivity index (χ0v) is 11.1. The summed E-state index contributed by atoms with van der Waals surface area (Å²) in [5.74, 6) is -0.398. The molecule has 4 nitrogen and oxygen atoms in total. The van der Waals surface area contributed by atoms with Crippen LogP contribution in [0.4, 0.5) is 0 Å². The molecule has 1 saturated heterocycles. The van der Waals surface area contributed by atoms with Crippen molar-refractivity contribution >= 4 is 5.97 Å². The largest absolute Gasteiger partial charge is 0.480 e. The van der Waals surface area contributed by atoms with Crippen molar-refractivity contribution in [3.8, 4) is 0 Å². The van der Waals surface area contributed by atoms with Gasteiger partial charge in [0.15, 0.2) is 0 Å². The number of piperazine rings is 1. The molecule has 1 aliphatic carbocycles. The van der Waals surface area contributed by atoms with Crippen molar-refractivity contribution in [2.24, 2.45) is 11.3 Å². The molecule has 98 valence electrons. The maximum Gasteiger partial charge on any atom is 0.324 e. The summed E-state index contributed by atoms with van der Waals surface area (Å²) in [5.41, 5.74) is -0.492. The van der Waals surface area contributed by atoms with E-state index in [-0.39, 0.29) is 11.3 Å².